The van der Waals surface area contributed by atoms with Crippen LogP contribution in [-0.4, -0.2) is 66.7 Å². The number of thioether (sulfide) groups is 1. The van der Waals surface area contributed by atoms with Gasteiger partial charge in [0.05, 0.1) is 11.0 Å². The summed E-state index contributed by atoms with van der Waals surface area (Å²) >= 11 is 5.24. The minimum absolute atomic E-state index is 0.0313. The van der Waals surface area contributed by atoms with Gasteiger partial charge in [0.15, 0.2) is 5.50 Å². The highest BCUT2D eigenvalue weighted by Gasteiger charge is 2.36. The van der Waals surface area contributed by atoms with Gasteiger partial charge in [-0.3, -0.25) is 9.99 Å². The van der Waals surface area contributed by atoms with E-state index in [0.717, 1.165) is 58.5 Å². The summed E-state index contributed by atoms with van der Waals surface area (Å²) in [5.74, 6) is 0.855. The van der Waals surface area contributed by atoms with Crippen molar-refractivity contribution >= 4 is 57.7 Å². The Bertz CT molecular complexity index is 951. The topological polar surface area (TPSA) is 63.1 Å². The van der Waals surface area contributed by atoms with E-state index in [1.165, 1.54) is 0 Å². The molecule has 2 aromatic heterocycles. The van der Waals surface area contributed by atoms with Gasteiger partial charge in [0.25, 0.3) is 0 Å². The molecule has 1 fully saturated rings. The van der Waals surface area contributed by atoms with Crippen LogP contribution in [0.5, 0.6) is 0 Å². The van der Waals surface area contributed by atoms with E-state index in [0.29, 0.717) is 6.73 Å². The van der Waals surface area contributed by atoms with Crippen molar-refractivity contribution in [3.8, 4) is 0 Å². The molecule has 4 rings (SSSR count). The Hall–Kier alpha value is -1.20. The third-order valence-electron chi connectivity index (χ3n) is 5.28. The number of pyridine rings is 2. The summed E-state index contributed by atoms with van der Waals surface area (Å²) in [4.78, 5) is 11.5. The van der Waals surface area contributed by atoms with E-state index in [4.69, 9.17) is 19.6 Å². The zero-order valence-corrected chi connectivity index (χ0v) is 21.9. The van der Waals surface area contributed by atoms with Crippen LogP contribution >= 0.6 is 27.7 Å². The number of hydrazone groups is 1. The Morgan fingerprint density at radius 1 is 1.32 bits per heavy atom. The first-order chi connectivity index (χ1) is 14.8. The molecule has 0 N–H and O–H groups in total. The van der Waals surface area contributed by atoms with Crippen molar-refractivity contribution in [3.63, 3.8) is 0 Å². The lowest BCUT2D eigenvalue weighted by molar-refractivity contribution is 0.132. The maximum absolute atomic E-state index is 6.16. The molecule has 7 nitrogen and oxygen atoms in total. The van der Waals surface area contributed by atoms with Crippen molar-refractivity contribution in [1.29, 1.82) is 0 Å². The fourth-order valence-electron chi connectivity index (χ4n) is 3.51. The molecule has 0 saturated carbocycles. The molecule has 168 valence electrons. The predicted octanol–water partition coefficient (Wildman–Crippen LogP) is 4.97. The zero-order valence-electron chi connectivity index (χ0n) is 18.5. The number of aromatic nitrogens is 2. The van der Waals surface area contributed by atoms with E-state index in [1.807, 2.05) is 30.3 Å². The van der Waals surface area contributed by atoms with Crippen LogP contribution in [0.1, 0.15) is 12.8 Å². The number of hydrogen-bond acceptors (Lipinski definition) is 8. The summed E-state index contributed by atoms with van der Waals surface area (Å²) < 4.78 is 12.9. The van der Waals surface area contributed by atoms with Gasteiger partial charge in [-0.1, -0.05) is 31.4 Å². The zero-order chi connectivity index (χ0) is 22.0. The molecule has 2 aliphatic heterocycles. The summed E-state index contributed by atoms with van der Waals surface area (Å²) in [5.41, 5.74) is 1.69. The average Bonchev–Trinajstić information content (AvgIpc) is 3.37. The van der Waals surface area contributed by atoms with Gasteiger partial charge in [0.2, 0.25) is 0 Å². The van der Waals surface area contributed by atoms with Crippen LogP contribution in [0.4, 0.5) is 5.82 Å². The molecule has 2 atom stereocenters. The van der Waals surface area contributed by atoms with Gasteiger partial charge in [-0.05, 0) is 53.0 Å². The molecule has 0 amide bonds. The molecule has 1 saturated heterocycles. The molecular formula is C21H30BrN5O2SSi. The molecule has 0 spiro atoms. The first-order valence-electron chi connectivity index (χ1n) is 10.7. The molecule has 0 aromatic carbocycles. The summed E-state index contributed by atoms with van der Waals surface area (Å²) in [6.07, 6.45) is 4.03. The maximum atomic E-state index is 6.16. The second-order valence-corrected chi connectivity index (χ2v) is 16.7. The SMILES string of the molecule is CN1N=C(C2CCCO2)SC1N(COCC[Si](C)(C)C)c1ccc2ncc(Br)cc2n1. The first-order valence-corrected chi connectivity index (χ1v) is 16.0. The average molecular weight is 525 g/mol. The Labute approximate surface area is 197 Å². The van der Waals surface area contributed by atoms with Gasteiger partial charge in [0.1, 0.15) is 23.7 Å². The molecule has 0 bridgehead atoms. The first kappa shape index (κ1) is 23.0. The van der Waals surface area contributed by atoms with Crippen LogP contribution in [0.3, 0.4) is 0 Å². The minimum atomic E-state index is -1.15. The molecule has 0 radical (unpaired) electrons. The van der Waals surface area contributed by atoms with Crippen LogP contribution < -0.4 is 4.90 Å². The van der Waals surface area contributed by atoms with Crippen molar-refractivity contribution in [2.75, 3.05) is 31.9 Å². The lowest BCUT2D eigenvalue weighted by Gasteiger charge is -2.32. The number of ether oxygens (including phenoxy) is 2. The smallest absolute Gasteiger partial charge is 0.174 e. The van der Waals surface area contributed by atoms with Crippen molar-refractivity contribution in [3.05, 3.63) is 28.9 Å². The van der Waals surface area contributed by atoms with Crippen molar-refractivity contribution < 1.29 is 9.47 Å². The third-order valence-corrected chi connectivity index (χ3v) is 8.78. The van der Waals surface area contributed by atoms with Gasteiger partial charge in [-0.15, -0.1) is 0 Å². The Morgan fingerprint density at radius 3 is 2.90 bits per heavy atom. The molecule has 2 aromatic rings. The molecule has 31 heavy (non-hydrogen) atoms. The van der Waals surface area contributed by atoms with Crippen LogP contribution in [-0.2, 0) is 9.47 Å². The fourth-order valence-corrected chi connectivity index (χ4v) is 5.81. The Balaban J connectivity index is 1.55. The lowest BCUT2D eigenvalue weighted by atomic mass is 10.2. The highest BCUT2D eigenvalue weighted by Crippen LogP contribution is 2.35. The molecule has 2 aliphatic rings. The highest BCUT2D eigenvalue weighted by molar-refractivity contribution is 9.10. The number of rotatable bonds is 8. The van der Waals surface area contributed by atoms with E-state index in [9.17, 15) is 0 Å². The quantitative estimate of drug-likeness (QED) is 0.275. The summed E-state index contributed by atoms with van der Waals surface area (Å²) in [7, 11) is 0.856. The van der Waals surface area contributed by atoms with Crippen molar-refractivity contribution in [2.24, 2.45) is 5.10 Å². The number of nitrogens with zero attached hydrogens (tertiary/aromatic N) is 5. The summed E-state index contributed by atoms with van der Waals surface area (Å²) in [5, 5.41) is 7.83. The number of fused-ring (bicyclic) bond motifs is 1. The van der Waals surface area contributed by atoms with Crippen LogP contribution in [0.2, 0.25) is 25.7 Å². The molecular weight excluding hydrogens is 494 g/mol. The summed E-state index contributed by atoms with van der Waals surface area (Å²) in [6.45, 7) is 9.13. The fraction of sp³-hybridized carbons (Fsp3) is 0.571. The van der Waals surface area contributed by atoms with Gasteiger partial charge in [-0.2, -0.15) is 5.10 Å². The highest BCUT2D eigenvalue weighted by atomic mass is 79.9. The maximum Gasteiger partial charge on any atom is 0.174 e. The van der Waals surface area contributed by atoms with E-state index < -0.39 is 8.07 Å². The van der Waals surface area contributed by atoms with E-state index >= 15 is 0 Å². The Morgan fingerprint density at radius 2 is 2.16 bits per heavy atom. The number of hydrogen-bond donors (Lipinski definition) is 0. The van der Waals surface area contributed by atoms with E-state index in [1.54, 1.807) is 18.0 Å². The van der Waals surface area contributed by atoms with Gasteiger partial charge < -0.3 is 14.4 Å². The summed E-state index contributed by atoms with van der Waals surface area (Å²) in [6, 6.07) is 7.16. The largest absolute Gasteiger partial charge is 0.371 e. The van der Waals surface area contributed by atoms with E-state index in [2.05, 4.69) is 45.5 Å². The van der Waals surface area contributed by atoms with Crippen LogP contribution in [0.25, 0.3) is 11.0 Å². The number of anilines is 1. The second-order valence-electron chi connectivity index (χ2n) is 9.14. The van der Waals surface area contributed by atoms with Gasteiger partial charge in [-0.25, -0.2) is 4.98 Å². The minimum Gasteiger partial charge on any atom is -0.371 e. The lowest BCUT2D eigenvalue weighted by Crippen LogP contribution is -2.42. The van der Waals surface area contributed by atoms with Gasteiger partial charge >= 0.3 is 0 Å². The number of halogens is 1. The molecule has 10 heteroatoms. The normalized spacial score (nSPS) is 21.7. The predicted molar refractivity (Wildman–Crippen MR) is 134 cm³/mol. The third kappa shape index (κ3) is 5.78. The van der Waals surface area contributed by atoms with Crippen LogP contribution in [0.15, 0.2) is 34.0 Å². The molecule has 2 unspecified atom stereocenters. The monoisotopic (exact) mass is 523 g/mol. The Kier molecular flexibility index (Phi) is 7.22. The van der Waals surface area contributed by atoms with E-state index in [-0.39, 0.29) is 11.6 Å². The van der Waals surface area contributed by atoms with Crippen molar-refractivity contribution in [2.45, 2.75) is 50.1 Å². The second kappa shape index (κ2) is 9.74. The van der Waals surface area contributed by atoms with Gasteiger partial charge in [0, 0.05) is 39.0 Å². The standard InChI is InChI=1S/C21H30BrN5O2SSi/c1-26-21(30-20(25-26)18-6-5-9-29-18)27(14-28-10-11-31(2,3)4)19-8-7-16-17(24-19)12-15(22)13-23-16/h7-8,12-13,18,21H,5-6,9-11,14H2,1-4H3. The van der Waals surface area contributed by atoms with Crippen LogP contribution in [0, 0.1) is 0 Å². The van der Waals surface area contributed by atoms with Crippen molar-refractivity contribution in [1.82, 2.24) is 15.0 Å². The molecule has 4 heterocycles. The molecule has 0 aliphatic carbocycles.